The van der Waals surface area contributed by atoms with Crippen molar-refractivity contribution in [3.05, 3.63) is 69.9 Å². The molecule has 0 radical (unpaired) electrons. The molecule has 7 heteroatoms. The number of aromatic carboxylic acids is 1. The molecule has 2 N–H and O–H groups in total. The van der Waals surface area contributed by atoms with E-state index in [0.717, 1.165) is 12.1 Å². The minimum absolute atomic E-state index is 0.00252. The Morgan fingerprint density at radius 1 is 1.00 bits per heavy atom. The molecule has 0 unspecified atom stereocenters. The third kappa shape index (κ3) is 2.88. The van der Waals surface area contributed by atoms with Gasteiger partial charge in [0.05, 0.1) is 16.6 Å². The lowest BCUT2D eigenvalue weighted by molar-refractivity contribution is -0.137. The van der Waals surface area contributed by atoms with Gasteiger partial charge in [0.25, 0.3) is 0 Å². The number of alkyl halides is 3. The minimum Gasteiger partial charge on any atom is -0.478 e. The standard InChI is InChI=1S/C17H10F3NO3/c18-17(19,20)11-4-1-9(2-5-11)13-8-15(22)12-6-3-10(16(23)24)7-14(12)21-13/h1-8H,(H,21,22)(H,23,24). The summed E-state index contributed by atoms with van der Waals surface area (Å²) in [5.41, 5.74) is -0.135. The molecule has 0 atom stereocenters. The van der Waals surface area contributed by atoms with Gasteiger partial charge in [0.2, 0.25) is 0 Å². The van der Waals surface area contributed by atoms with Crippen LogP contribution in [-0.2, 0) is 6.18 Å². The maximum atomic E-state index is 12.6. The van der Waals surface area contributed by atoms with Gasteiger partial charge in [-0.3, -0.25) is 4.79 Å². The molecule has 24 heavy (non-hydrogen) atoms. The van der Waals surface area contributed by atoms with Crippen molar-refractivity contribution in [2.24, 2.45) is 0 Å². The molecule has 0 bridgehead atoms. The minimum atomic E-state index is -4.44. The summed E-state index contributed by atoms with van der Waals surface area (Å²) in [7, 11) is 0. The largest absolute Gasteiger partial charge is 0.478 e. The molecule has 1 aromatic heterocycles. The normalized spacial score (nSPS) is 11.6. The number of benzene rings is 2. The molecule has 0 aliphatic heterocycles. The number of halogens is 3. The first-order chi connectivity index (χ1) is 11.3. The third-order valence-corrected chi connectivity index (χ3v) is 3.60. The summed E-state index contributed by atoms with van der Waals surface area (Å²) in [5, 5.41) is 9.31. The molecule has 0 aliphatic carbocycles. The summed E-state index contributed by atoms with van der Waals surface area (Å²) < 4.78 is 37.8. The van der Waals surface area contributed by atoms with Crippen molar-refractivity contribution in [1.29, 1.82) is 0 Å². The van der Waals surface area contributed by atoms with Crippen molar-refractivity contribution in [2.45, 2.75) is 6.18 Å². The highest BCUT2D eigenvalue weighted by Gasteiger charge is 2.30. The van der Waals surface area contributed by atoms with Crippen LogP contribution in [0.3, 0.4) is 0 Å². The Balaban J connectivity index is 2.12. The number of hydrogen-bond donors (Lipinski definition) is 2. The van der Waals surface area contributed by atoms with E-state index >= 15 is 0 Å². The second kappa shape index (κ2) is 5.52. The van der Waals surface area contributed by atoms with Crippen LogP contribution >= 0.6 is 0 Å². The van der Waals surface area contributed by atoms with E-state index in [9.17, 15) is 22.8 Å². The van der Waals surface area contributed by atoms with E-state index in [0.29, 0.717) is 22.2 Å². The summed E-state index contributed by atoms with van der Waals surface area (Å²) in [6, 6.07) is 9.64. The maximum Gasteiger partial charge on any atom is 0.416 e. The fraction of sp³-hybridized carbons (Fsp3) is 0.0588. The molecule has 122 valence electrons. The molecule has 0 fully saturated rings. The summed E-state index contributed by atoms with van der Waals surface area (Å²) in [6.45, 7) is 0. The molecule has 1 heterocycles. The van der Waals surface area contributed by atoms with Gasteiger partial charge in [-0.1, -0.05) is 12.1 Å². The van der Waals surface area contributed by atoms with E-state index < -0.39 is 17.7 Å². The molecule has 0 amide bonds. The SMILES string of the molecule is O=C(O)c1ccc2c(=O)cc(-c3ccc(C(F)(F)F)cc3)[nH]c2c1. The highest BCUT2D eigenvalue weighted by molar-refractivity contribution is 5.93. The lowest BCUT2D eigenvalue weighted by Crippen LogP contribution is -2.06. The summed E-state index contributed by atoms with van der Waals surface area (Å²) in [6.07, 6.45) is -4.44. The first-order valence-corrected chi connectivity index (χ1v) is 6.84. The quantitative estimate of drug-likeness (QED) is 0.747. The Bertz CT molecular complexity index is 989. The monoisotopic (exact) mass is 333 g/mol. The number of carboxylic acid groups (broad SMARTS) is 1. The van der Waals surface area contributed by atoms with Crippen LogP contribution in [0.2, 0.25) is 0 Å². The number of nitrogens with one attached hydrogen (secondary N) is 1. The van der Waals surface area contributed by atoms with E-state index in [-0.39, 0.29) is 11.0 Å². The van der Waals surface area contributed by atoms with Gasteiger partial charge < -0.3 is 10.1 Å². The van der Waals surface area contributed by atoms with E-state index in [4.69, 9.17) is 5.11 Å². The van der Waals surface area contributed by atoms with Gasteiger partial charge in [0.1, 0.15) is 0 Å². The van der Waals surface area contributed by atoms with Crippen LogP contribution in [0.4, 0.5) is 13.2 Å². The number of carbonyl (C=O) groups is 1. The van der Waals surface area contributed by atoms with E-state index in [1.54, 1.807) is 0 Å². The molecular formula is C17H10F3NO3. The lowest BCUT2D eigenvalue weighted by Gasteiger charge is -2.09. The van der Waals surface area contributed by atoms with Crippen LogP contribution in [-0.4, -0.2) is 16.1 Å². The van der Waals surface area contributed by atoms with Crippen LogP contribution in [0.15, 0.2) is 53.3 Å². The molecule has 3 rings (SSSR count). The van der Waals surface area contributed by atoms with Crippen molar-refractivity contribution < 1.29 is 23.1 Å². The maximum absolute atomic E-state index is 12.6. The summed E-state index contributed by atoms with van der Waals surface area (Å²) in [5.74, 6) is -1.14. The fourth-order valence-corrected chi connectivity index (χ4v) is 2.38. The smallest absolute Gasteiger partial charge is 0.416 e. The van der Waals surface area contributed by atoms with Gasteiger partial charge in [0.15, 0.2) is 5.43 Å². The third-order valence-electron chi connectivity index (χ3n) is 3.60. The number of hydrogen-bond acceptors (Lipinski definition) is 2. The first kappa shape index (κ1) is 15.8. The van der Waals surface area contributed by atoms with Gasteiger partial charge in [-0.15, -0.1) is 0 Å². The molecule has 2 aromatic carbocycles. The zero-order valence-corrected chi connectivity index (χ0v) is 12.0. The lowest BCUT2D eigenvalue weighted by atomic mass is 10.1. The van der Waals surface area contributed by atoms with Crippen LogP contribution in [0.25, 0.3) is 22.2 Å². The fourth-order valence-electron chi connectivity index (χ4n) is 2.38. The molecule has 0 aliphatic rings. The molecular weight excluding hydrogens is 323 g/mol. The Kier molecular flexibility index (Phi) is 3.63. The predicted molar refractivity (Wildman–Crippen MR) is 82.0 cm³/mol. The van der Waals surface area contributed by atoms with Crippen molar-refractivity contribution in [3.8, 4) is 11.3 Å². The van der Waals surface area contributed by atoms with E-state index in [1.165, 1.54) is 36.4 Å². The summed E-state index contributed by atoms with van der Waals surface area (Å²) >= 11 is 0. The molecule has 0 saturated carbocycles. The second-order valence-electron chi connectivity index (χ2n) is 5.19. The van der Waals surface area contributed by atoms with Crippen LogP contribution in [0.1, 0.15) is 15.9 Å². The van der Waals surface area contributed by atoms with E-state index in [2.05, 4.69) is 4.98 Å². The Hall–Kier alpha value is -3.09. The highest BCUT2D eigenvalue weighted by Crippen LogP contribution is 2.30. The number of fused-ring (bicyclic) bond motifs is 1. The Morgan fingerprint density at radius 3 is 2.25 bits per heavy atom. The van der Waals surface area contributed by atoms with Crippen LogP contribution < -0.4 is 5.43 Å². The molecule has 0 spiro atoms. The Labute approximate surface area is 133 Å². The Morgan fingerprint density at radius 2 is 1.67 bits per heavy atom. The predicted octanol–water partition coefficient (Wildman–Crippen LogP) is 3.91. The first-order valence-electron chi connectivity index (χ1n) is 6.84. The van der Waals surface area contributed by atoms with Crippen molar-refractivity contribution in [2.75, 3.05) is 0 Å². The molecule has 4 nitrogen and oxygen atoms in total. The van der Waals surface area contributed by atoms with Crippen LogP contribution in [0, 0.1) is 0 Å². The number of pyridine rings is 1. The average molecular weight is 333 g/mol. The number of rotatable bonds is 2. The van der Waals surface area contributed by atoms with Crippen LogP contribution in [0.5, 0.6) is 0 Å². The van der Waals surface area contributed by atoms with Gasteiger partial charge >= 0.3 is 12.1 Å². The van der Waals surface area contributed by atoms with Crippen molar-refractivity contribution in [1.82, 2.24) is 4.98 Å². The zero-order valence-electron chi connectivity index (χ0n) is 12.0. The molecule has 3 aromatic rings. The molecule has 0 saturated heterocycles. The zero-order chi connectivity index (χ0) is 17.5. The van der Waals surface area contributed by atoms with E-state index in [1.807, 2.05) is 0 Å². The highest BCUT2D eigenvalue weighted by atomic mass is 19.4. The van der Waals surface area contributed by atoms with Gasteiger partial charge in [0, 0.05) is 17.1 Å². The van der Waals surface area contributed by atoms with Crippen molar-refractivity contribution >= 4 is 16.9 Å². The number of carboxylic acids is 1. The summed E-state index contributed by atoms with van der Waals surface area (Å²) in [4.78, 5) is 26.0. The number of H-pyrrole nitrogens is 1. The van der Waals surface area contributed by atoms with Gasteiger partial charge in [-0.05, 0) is 35.9 Å². The number of aromatic nitrogens is 1. The number of aromatic amines is 1. The van der Waals surface area contributed by atoms with Gasteiger partial charge in [-0.2, -0.15) is 13.2 Å². The van der Waals surface area contributed by atoms with Gasteiger partial charge in [-0.25, -0.2) is 4.79 Å². The van der Waals surface area contributed by atoms with Crippen molar-refractivity contribution in [3.63, 3.8) is 0 Å². The average Bonchev–Trinajstić information content (AvgIpc) is 2.53. The topological polar surface area (TPSA) is 70.2 Å². The second-order valence-corrected chi connectivity index (χ2v) is 5.19.